The Bertz CT molecular complexity index is 67.7. The van der Waals surface area contributed by atoms with E-state index in [-0.39, 0.29) is 0 Å². The molecule has 30 valence electrons. The maximum absolute atomic E-state index is 9.50. The van der Waals surface area contributed by atoms with Crippen LogP contribution in [0.15, 0.2) is 0 Å². The smallest absolute Gasteiger partial charge is 0.248 e. The molecule has 0 amide bonds. The third kappa shape index (κ3) is 3.89. The first-order chi connectivity index (χ1) is 2.27. The molecule has 0 aromatic carbocycles. The Hall–Kier alpha value is -0.110. The third-order valence-corrected chi connectivity index (χ3v) is 0.353. The van der Waals surface area contributed by atoms with E-state index in [1.807, 2.05) is 0 Å². The minimum absolute atomic E-state index is 1.82. The second kappa shape index (κ2) is 2.15. The summed E-state index contributed by atoms with van der Waals surface area (Å²) in [6.07, 6.45) is 2.92. The zero-order valence-corrected chi connectivity index (χ0v) is 3.44. The fraction of sp³-hybridized carbons (Fsp3) is 0. The zero-order valence-electron chi connectivity index (χ0n) is 2.55. The fourth-order valence-electron chi connectivity index (χ4n) is 0. The van der Waals surface area contributed by atoms with E-state index < -0.39 is 7.65 Å². The lowest BCUT2D eigenvalue weighted by Crippen LogP contribution is -1.81. The summed E-state index contributed by atoms with van der Waals surface area (Å²) in [5, 5.41) is 0. The van der Waals surface area contributed by atoms with Gasteiger partial charge in [0.2, 0.25) is 7.65 Å². The molecule has 0 bridgehead atoms. The van der Waals surface area contributed by atoms with E-state index in [0.717, 1.165) is 0 Å². The van der Waals surface area contributed by atoms with Crippen molar-refractivity contribution in [3.63, 3.8) is 0 Å². The Morgan fingerprint density at radius 1 is 2.00 bits per heavy atom. The quantitative estimate of drug-likeness (QED) is 0.368. The van der Waals surface area contributed by atoms with E-state index in [9.17, 15) is 4.57 Å². The fourth-order valence-corrected chi connectivity index (χ4v) is 0. The van der Waals surface area contributed by atoms with Crippen molar-refractivity contribution in [2.45, 2.75) is 0 Å². The highest BCUT2D eigenvalue weighted by atomic mass is 31.1. The summed E-state index contributed by atoms with van der Waals surface area (Å²) in [5.41, 5.74) is 0. The molecule has 0 spiro atoms. The van der Waals surface area contributed by atoms with Crippen molar-refractivity contribution in [3.05, 3.63) is 0 Å². The molecule has 0 saturated heterocycles. The molecule has 0 radical (unpaired) electrons. The topological polar surface area (TPSA) is 52.3 Å². The van der Waals surface area contributed by atoms with Gasteiger partial charge in [-0.1, -0.05) is 0 Å². The van der Waals surface area contributed by atoms with Crippen LogP contribution in [-0.2, 0) is 9.19 Å². The van der Waals surface area contributed by atoms with Crippen LogP contribution < -0.4 is 5.90 Å². The molecule has 0 saturated carbocycles. The lowest BCUT2D eigenvalue weighted by molar-refractivity contribution is 0.358. The summed E-state index contributed by atoms with van der Waals surface area (Å²) in [6, 6.07) is 0. The summed E-state index contributed by atoms with van der Waals surface area (Å²) >= 11 is 0. The molecule has 3 nitrogen and oxygen atoms in total. The third-order valence-electron chi connectivity index (χ3n) is 0.118. The monoisotopic (exact) mass is 93.0 g/mol. The van der Waals surface area contributed by atoms with Gasteiger partial charge in [-0.15, -0.1) is 0 Å². The van der Waals surface area contributed by atoms with Crippen molar-refractivity contribution >= 4 is 14.0 Å². The second-order valence-electron chi connectivity index (χ2n) is 0.438. The number of rotatable bonds is 1. The molecule has 0 aliphatic carbocycles. The first-order valence-electron chi connectivity index (χ1n) is 0.917. The van der Waals surface area contributed by atoms with E-state index in [4.69, 9.17) is 0 Å². The molecule has 0 aliphatic rings. The molecule has 0 rings (SSSR count). The zero-order chi connectivity index (χ0) is 4.28. The predicted molar refractivity (Wildman–Crippen MR) is 20.0 cm³/mol. The predicted octanol–water partition coefficient (Wildman–Crippen LogP) is 0.0511. The Morgan fingerprint density at radius 2 is 2.20 bits per heavy atom. The van der Waals surface area contributed by atoms with Gasteiger partial charge in [-0.3, -0.25) is 0 Å². The average molecular weight is 93.0 g/mol. The lowest BCUT2D eigenvalue weighted by atomic mass is 12.0. The van der Waals surface area contributed by atoms with Gasteiger partial charge in [0.25, 0.3) is 0 Å². The molecule has 5 heavy (non-hydrogen) atoms. The van der Waals surface area contributed by atoms with Crippen LogP contribution in [0.3, 0.4) is 0 Å². The van der Waals surface area contributed by atoms with Gasteiger partial charge in [0.05, 0.1) is 0 Å². The maximum Gasteiger partial charge on any atom is 0.248 e. The minimum Gasteiger partial charge on any atom is -0.250 e. The lowest BCUT2D eigenvalue weighted by Gasteiger charge is -1.68. The maximum atomic E-state index is 9.50. The Balaban J connectivity index is 3.23. The van der Waals surface area contributed by atoms with Crippen LogP contribution in [0.2, 0.25) is 0 Å². The molecule has 0 heterocycles. The van der Waals surface area contributed by atoms with Gasteiger partial charge >= 0.3 is 0 Å². The highest BCUT2D eigenvalue weighted by molar-refractivity contribution is 7.37. The first-order valence-corrected chi connectivity index (χ1v) is 2.28. The average Bonchev–Trinajstić information content (AvgIpc) is 1.38. The highest BCUT2D eigenvalue weighted by Crippen LogP contribution is 1.93. The Labute approximate surface area is 30.2 Å². The molecule has 0 aromatic heterocycles. The molecule has 2 N–H and O–H groups in total. The molecule has 0 fully saturated rings. The van der Waals surface area contributed by atoms with Crippen LogP contribution in [0.25, 0.3) is 0 Å². The van der Waals surface area contributed by atoms with Crippen LogP contribution in [-0.4, -0.2) is 6.30 Å². The molecule has 0 aliphatic heterocycles. The van der Waals surface area contributed by atoms with Gasteiger partial charge in [-0.2, -0.15) is 0 Å². The summed E-state index contributed by atoms with van der Waals surface area (Å²) in [7, 11) is -1.82. The molecule has 1 atom stereocenters. The summed E-state index contributed by atoms with van der Waals surface area (Å²) in [4.78, 5) is 0. The summed E-state index contributed by atoms with van der Waals surface area (Å²) < 4.78 is 13.2. The van der Waals surface area contributed by atoms with E-state index in [1.165, 1.54) is 0 Å². The van der Waals surface area contributed by atoms with E-state index in [1.54, 1.807) is 0 Å². The van der Waals surface area contributed by atoms with Gasteiger partial charge in [-0.05, 0) is 6.30 Å². The Kier molecular flexibility index (Phi) is 2.10. The number of hydrogen-bond donors (Lipinski definition) is 1. The van der Waals surface area contributed by atoms with E-state index >= 15 is 0 Å². The van der Waals surface area contributed by atoms with Crippen molar-refractivity contribution in [1.82, 2.24) is 0 Å². The minimum atomic E-state index is -1.82. The Morgan fingerprint density at radius 3 is 2.20 bits per heavy atom. The van der Waals surface area contributed by atoms with Crippen molar-refractivity contribution < 1.29 is 9.19 Å². The van der Waals surface area contributed by atoms with Gasteiger partial charge in [0.1, 0.15) is 0 Å². The molecular weight excluding hydrogens is 89.0 g/mol. The number of hydrogen-bond acceptors (Lipinski definition) is 3. The van der Waals surface area contributed by atoms with Gasteiger partial charge in [0.15, 0.2) is 0 Å². The van der Waals surface area contributed by atoms with Crippen LogP contribution in [0, 0.1) is 0 Å². The molecule has 4 heteroatoms. The summed E-state index contributed by atoms with van der Waals surface area (Å²) in [5.74, 6) is 4.33. The van der Waals surface area contributed by atoms with Gasteiger partial charge < -0.3 is 0 Å². The van der Waals surface area contributed by atoms with Crippen LogP contribution in [0.1, 0.15) is 0 Å². The SMILES string of the molecule is C=P(=O)ON. The van der Waals surface area contributed by atoms with Crippen LogP contribution in [0.5, 0.6) is 0 Å². The largest absolute Gasteiger partial charge is 0.250 e. The van der Waals surface area contributed by atoms with E-state index in [2.05, 4.69) is 16.8 Å². The van der Waals surface area contributed by atoms with Gasteiger partial charge in [-0.25, -0.2) is 15.1 Å². The van der Waals surface area contributed by atoms with Crippen molar-refractivity contribution in [1.29, 1.82) is 0 Å². The van der Waals surface area contributed by atoms with Crippen LogP contribution in [0.4, 0.5) is 0 Å². The van der Waals surface area contributed by atoms with Crippen LogP contribution >= 0.6 is 7.65 Å². The molecular formula is CH4NO2P. The first kappa shape index (κ1) is 4.89. The number of nitrogens with two attached hydrogens (primary N) is 1. The summed E-state index contributed by atoms with van der Waals surface area (Å²) in [6.45, 7) is 0. The van der Waals surface area contributed by atoms with Crippen molar-refractivity contribution in [2.75, 3.05) is 0 Å². The van der Waals surface area contributed by atoms with Gasteiger partial charge in [0, 0.05) is 0 Å². The molecule has 1 unspecified atom stereocenters. The molecule has 0 aromatic rings. The van der Waals surface area contributed by atoms with E-state index in [0.29, 0.717) is 0 Å². The second-order valence-corrected chi connectivity index (χ2v) is 1.31. The normalized spacial score (nSPS) is 11.0. The van der Waals surface area contributed by atoms with Crippen molar-refractivity contribution in [3.8, 4) is 0 Å². The van der Waals surface area contributed by atoms with Crippen molar-refractivity contribution in [2.24, 2.45) is 5.90 Å². The standard InChI is InChI=1S/CH4NO2P/c1-5(3)4-2/h1-2H2. The highest BCUT2D eigenvalue weighted by Gasteiger charge is 1.61.